The molecule has 0 aliphatic heterocycles. The molecule has 1 amide bonds. The predicted molar refractivity (Wildman–Crippen MR) is 81.3 cm³/mol. The normalized spacial score (nSPS) is 11.9. The second kappa shape index (κ2) is 7.35. The van der Waals surface area contributed by atoms with Crippen molar-refractivity contribution >= 4 is 5.91 Å². The zero-order chi connectivity index (χ0) is 17.9. The summed E-state index contributed by atoms with van der Waals surface area (Å²) in [5.41, 5.74) is 0.866. The molecule has 2 rings (SSSR count). The molecule has 7 heteroatoms. The molecule has 0 aromatic heterocycles. The molecule has 0 aliphatic rings. The highest BCUT2D eigenvalue weighted by Crippen LogP contribution is 2.21. The van der Waals surface area contributed by atoms with Crippen LogP contribution in [0.25, 0.3) is 0 Å². The first kappa shape index (κ1) is 17.8. The number of hydrogen-bond donors (Lipinski definition) is 2. The van der Waals surface area contributed by atoms with Crippen LogP contribution in [0.2, 0.25) is 0 Å². The smallest absolute Gasteiger partial charge is 0.252 e. The Morgan fingerprint density at radius 3 is 2.33 bits per heavy atom. The number of rotatable bonds is 5. The van der Waals surface area contributed by atoms with Crippen molar-refractivity contribution in [1.82, 2.24) is 5.32 Å². The van der Waals surface area contributed by atoms with Gasteiger partial charge in [-0.1, -0.05) is 0 Å². The predicted octanol–water partition coefficient (Wildman–Crippen LogP) is 2.88. The Labute approximate surface area is 136 Å². The maximum atomic E-state index is 13.3. The van der Waals surface area contributed by atoms with Crippen molar-refractivity contribution in [3.8, 4) is 5.75 Å². The summed E-state index contributed by atoms with van der Waals surface area (Å²) in [5, 5.41) is 11.9. The van der Waals surface area contributed by atoms with E-state index < -0.39 is 36.0 Å². The van der Waals surface area contributed by atoms with Gasteiger partial charge in [0.15, 0.2) is 17.5 Å². The summed E-state index contributed by atoms with van der Waals surface area (Å²) >= 11 is 0. The van der Waals surface area contributed by atoms with Crippen LogP contribution in [0.4, 0.5) is 13.2 Å². The summed E-state index contributed by atoms with van der Waals surface area (Å²) in [6.45, 7) is 1.09. The minimum Gasteiger partial charge on any atom is -0.497 e. The van der Waals surface area contributed by atoms with Gasteiger partial charge in [-0.3, -0.25) is 4.79 Å². The van der Waals surface area contributed by atoms with Gasteiger partial charge in [0, 0.05) is 5.56 Å². The standard InChI is InChI=1S/C17H16F3NO3/c1-9-5-11(24-2)3-4-12(9)17(23)21-15(8-22)10-6-13(18)16(20)14(19)7-10/h3-7,15,22H,8H2,1-2H3,(H,21,23). The largest absolute Gasteiger partial charge is 0.497 e. The van der Waals surface area contributed by atoms with Gasteiger partial charge in [-0.2, -0.15) is 0 Å². The van der Waals surface area contributed by atoms with Gasteiger partial charge < -0.3 is 15.2 Å². The van der Waals surface area contributed by atoms with Crippen LogP contribution >= 0.6 is 0 Å². The van der Waals surface area contributed by atoms with E-state index >= 15 is 0 Å². The van der Waals surface area contributed by atoms with Gasteiger partial charge in [0.2, 0.25) is 0 Å². The Balaban J connectivity index is 2.26. The molecule has 0 saturated carbocycles. The molecule has 2 aromatic rings. The number of aliphatic hydroxyl groups excluding tert-OH is 1. The first-order valence-electron chi connectivity index (χ1n) is 7.08. The van der Waals surface area contributed by atoms with Gasteiger partial charge in [-0.05, 0) is 48.4 Å². The quantitative estimate of drug-likeness (QED) is 0.824. The number of halogens is 3. The van der Waals surface area contributed by atoms with Gasteiger partial charge in [0.1, 0.15) is 5.75 Å². The maximum absolute atomic E-state index is 13.3. The number of amides is 1. The summed E-state index contributed by atoms with van der Waals surface area (Å²) in [7, 11) is 1.49. The van der Waals surface area contributed by atoms with E-state index in [9.17, 15) is 23.1 Å². The highest BCUT2D eigenvalue weighted by atomic mass is 19.2. The number of nitrogens with one attached hydrogen (secondary N) is 1. The molecule has 0 heterocycles. The van der Waals surface area contributed by atoms with E-state index in [2.05, 4.69) is 5.32 Å². The van der Waals surface area contributed by atoms with Gasteiger partial charge in [-0.15, -0.1) is 0 Å². The Kier molecular flexibility index (Phi) is 5.46. The third kappa shape index (κ3) is 3.68. The summed E-state index contributed by atoms with van der Waals surface area (Å²) < 4.78 is 44.7. The zero-order valence-corrected chi connectivity index (χ0v) is 13.1. The van der Waals surface area contributed by atoms with Crippen molar-refractivity contribution in [3.05, 3.63) is 64.5 Å². The van der Waals surface area contributed by atoms with Gasteiger partial charge in [-0.25, -0.2) is 13.2 Å². The molecule has 1 unspecified atom stereocenters. The molecule has 24 heavy (non-hydrogen) atoms. The second-order valence-electron chi connectivity index (χ2n) is 5.19. The van der Waals surface area contributed by atoms with E-state index in [-0.39, 0.29) is 5.56 Å². The van der Waals surface area contributed by atoms with Crippen molar-refractivity contribution in [3.63, 3.8) is 0 Å². The number of carbonyl (C=O) groups excluding carboxylic acids is 1. The molecule has 4 nitrogen and oxygen atoms in total. The van der Waals surface area contributed by atoms with Crippen LogP contribution in [-0.2, 0) is 0 Å². The van der Waals surface area contributed by atoms with E-state index in [0.29, 0.717) is 16.9 Å². The average molecular weight is 339 g/mol. The summed E-state index contributed by atoms with van der Waals surface area (Å²) in [4.78, 5) is 12.3. The first-order chi connectivity index (χ1) is 11.4. The number of ether oxygens (including phenoxy) is 1. The number of carbonyl (C=O) groups is 1. The SMILES string of the molecule is COc1ccc(C(=O)NC(CO)c2cc(F)c(F)c(F)c2)c(C)c1. The number of benzene rings is 2. The van der Waals surface area contributed by atoms with E-state index in [1.807, 2.05) is 0 Å². The summed E-state index contributed by atoms with van der Waals surface area (Å²) in [6, 6.07) is 5.17. The van der Waals surface area contributed by atoms with Crippen LogP contribution in [-0.4, -0.2) is 24.7 Å². The van der Waals surface area contributed by atoms with Crippen molar-refractivity contribution in [2.45, 2.75) is 13.0 Å². The Morgan fingerprint density at radius 1 is 1.21 bits per heavy atom. The monoisotopic (exact) mass is 339 g/mol. The van der Waals surface area contributed by atoms with Gasteiger partial charge in [0.05, 0.1) is 19.8 Å². The number of methoxy groups -OCH3 is 1. The van der Waals surface area contributed by atoms with Crippen molar-refractivity contribution in [1.29, 1.82) is 0 Å². The molecular weight excluding hydrogens is 323 g/mol. The van der Waals surface area contributed by atoms with E-state index in [4.69, 9.17) is 4.74 Å². The fourth-order valence-corrected chi connectivity index (χ4v) is 2.26. The van der Waals surface area contributed by atoms with Crippen molar-refractivity contribution in [2.75, 3.05) is 13.7 Å². The van der Waals surface area contributed by atoms with Crippen LogP contribution in [0.3, 0.4) is 0 Å². The Hall–Kier alpha value is -2.54. The molecule has 128 valence electrons. The van der Waals surface area contributed by atoms with E-state index in [0.717, 1.165) is 12.1 Å². The molecule has 0 saturated heterocycles. The highest BCUT2D eigenvalue weighted by Gasteiger charge is 2.20. The van der Waals surface area contributed by atoms with Crippen molar-refractivity contribution < 1.29 is 27.8 Å². The summed E-state index contributed by atoms with van der Waals surface area (Å²) in [5.74, 6) is -4.35. The highest BCUT2D eigenvalue weighted by molar-refractivity contribution is 5.96. The minimum absolute atomic E-state index is 0.0755. The molecule has 2 N–H and O–H groups in total. The van der Waals surface area contributed by atoms with Gasteiger partial charge >= 0.3 is 0 Å². The third-order valence-electron chi connectivity index (χ3n) is 3.57. The molecule has 2 aromatic carbocycles. The number of aryl methyl sites for hydroxylation is 1. The maximum Gasteiger partial charge on any atom is 0.252 e. The minimum atomic E-state index is -1.60. The lowest BCUT2D eigenvalue weighted by molar-refractivity contribution is 0.0915. The van der Waals surface area contributed by atoms with Crippen LogP contribution in [0.1, 0.15) is 27.5 Å². The molecule has 1 atom stereocenters. The molecular formula is C17H16F3NO3. The number of hydrogen-bond acceptors (Lipinski definition) is 3. The average Bonchev–Trinajstić information content (AvgIpc) is 2.56. The van der Waals surface area contributed by atoms with Crippen LogP contribution in [0.5, 0.6) is 5.75 Å². The van der Waals surface area contributed by atoms with E-state index in [1.54, 1.807) is 19.1 Å². The fraction of sp³-hybridized carbons (Fsp3) is 0.235. The third-order valence-corrected chi connectivity index (χ3v) is 3.57. The lowest BCUT2D eigenvalue weighted by atomic mass is 10.0. The Bertz CT molecular complexity index is 742. The van der Waals surface area contributed by atoms with E-state index in [1.165, 1.54) is 13.2 Å². The molecule has 0 aliphatic carbocycles. The topological polar surface area (TPSA) is 58.6 Å². The molecule has 0 bridgehead atoms. The molecule has 0 spiro atoms. The summed E-state index contributed by atoms with van der Waals surface area (Å²) in [6.07, 6.45) is 0. The Morgan fingerprint density at radius 2 is 1.83 bits per heavy atom. The van der Waals surface area contributed by atoms with Gasteiger partial charge in [0.25, 0.3) is 5.91 Å². The first-order valence-corrected chi connectivity index (χ1v) is 7.08. The molecule has 0 radical (unpaired) electrons. The van der Waals surface area contributed by atoms with Crippen molar-refractivity contribution in [2.24, 2.45) is 0 Å². The lowest BCUT2D eigenvalue weighted by Gasteiger charge is -2.18. The fourth-order valence-electron chi connectivity index (χ4n) is 2.26. The second-order valence-corrected chi connectivity index (χ2v) is 5.19. The van der Waals surface area contributed by atoms with Crippen LogP contribution in [0.15, 0.2) is 30.3 Å². The number of aliphatic hydroxyl groups is 1. The lowest BCUT2D eigenvalue weighted by Crippen LogP contribution is -2.31. The zero-order valence-electron chi connectivity index (χ0n) is 13.1. The van der Waals surface area contributed by atoms with Crippen LogP contribution in [0, 0.1) is 24.4 Å². The molecule has 0 fully saturated rings. The van der Waals surface area contributed by atoms with Crippen LogP contribution < -0.4 is 10.1 Å².